The number of aliphatic imine (C=N–C) groups is 1. The second-order valence-corrected chi connectivity index (χ2v) is 6.93. The molecule has 0 saturated heterocycles. The van der Waals surface area contributed by atoms with Crippen LogP contribution in [0.15, 0.2) is 4.99 Å². The highest BCUT2D eigenvalue weighted by atomic mass is 32.2. The van der Waals surface area contributed by atoms with E-state index in [4.69, 9.17) is 0 Å². The molecule has 0 bridgehead atoms. The van der Waals surface area contributed by atoms with Gasteiger partial charge in [0.25, 0.3) is 0 Å². The molecule has 1 N–H and O–H groups in total. The van der Waals surface area contributed by atoms with E-state index in [9.17, 15) is 8.42 Å². The smallest absolute Gasteiger partial charge is 0.157 e. The Morgan fingerprint density at radius 3 is 2.79 bits per heavy atom. The maximum absolute atomic E-state index is 11.0. The predicted molar refractivity (Wildman–Crippen MR) is 61.7 cm³/mol. The molecule has 2 atom stereocenters. The summed E-state index contributed by atoms with van der Waals surface area (Å²) in [6.07, 6.45) is 1.25. The summed E-state index contributed by atoms with van der Waals surface area (Å²) in [5, 5.41) is 3.97. The van der Waals surface area contributed by atoms with Crippen molar-refractivity contribution in [2.75, 3.05) is 17.8 Å². The molecule has 0 aromatic carbocycles. The van der Waals surface area contributed by atoms with Crippen LogP contribution in [0.25, 0.3) is 0 Å². The Bertz CT molecular complexity index is 324. The molecule has 0 aromatic heterocycles. The van der Waals surface area contributed by atoms with E-state index in [-0.39, 0.29) is 11.8 Å². The predicted octanol–water partition coefficient (Wildman–Crippen LogP) is 0.500. The van der Waals surface area contributed by atoms with Crippen LogP contribution in [0, 0.1) is 0 Å². The van der Waals surface area contributed by atoms with Gasteiger partial charge in [-0.15, -0.1) is 0 Å². The molecule has 0 radical (unpaired) electrons. The molecule has 4 nitrogen and oxygen atoms in total. The van der Waals surface area contributed by atoms with Gasteiger partial charge in [0, 0.05) is 18.1 Å². The van der Waals surface area contributed by atoms with Crippen LogP contribution in [-0.4, -0.2) is 43.4 Å². The maximum atomic E-state index is 11.0. The van der Waals surface area contributed by atoms with Gasteiger partial charge in [0.05, 0.1) is 11.8 Å². The lowest BCUT2D eigenvalue weighted by Crippen LogP contribution is -2.35. The summed E-state index contributed by atoms with van der Waals surface area (Å²) in [5.41, 5.74) is 0. The molecule has 14 heavy (non-hydrogen) atoms. The van der Waals surface area contributed by atoms with Crippen LogP contribution >= 0.6 is 11.8 Å². The number of nitrogens with zero attached hydrogens (tertiary/aromatic N) is 1. The molecule has 1 heterocycles. The van der Waals surface area contributed by atoms with Crippen molar-refractivity contribution in [2.24, 2.45) is 4.99 Å². The van der Waals surface area contributed by atoms with Gasteiger partial charge in [-0.05, 0) is 13.8 Å². The maximum Gasteiger partial charge on any atom is 0.157 e. The molecule has 0 aromatic rings. The third-order valence-electron chi connectivity index (χ3n) is 1.72. The molecule has 1 rings (SSSR count). The molecule has 1 aliphatic heterocycles. The quantitative estimate of drug-likeness (QED) is 0.775. The number of hydrogen-bond donors (Lipinski definition) is 1. The van der Waals surface area contributed by atoms with Crippen LogP contribution in [0.4, 0.5) is 0 Å². The zero-order valence-electron chi connectivity index (χ0n) is 8.65. The second-order valence-electron chi connectivity index (χ2n) is 3.73. The highest BCUT2D eigenvalue weighted by Crippen LogP contribution is 2.15. The molecule has 0 amide bonds. The summed E-state index contributed by atoms with van der Waals surface area (Å²) >= 11 is 1.65. The van der Waals surface area contributed by atoms with Gasteiger partial charge in [-0.3, -0.25) is 4.99 Å². The summed E-state index contributed by atoms with van der Waals surface area (Å²) in [4.78, 5) is 4.33. The Morgan fingerprint density at radius 1 is 1.71 bits per heavy atom. The van der Waals surface area contributed by atoms with Crippen LogP contribution < -0.4 is 5.32 Å². The Balaban J connectivity index is 2.42. The van der Waals surface area contributed by atoms with Crippen molar-refractivity contribution < 1.29 is 8.42 Å². The number of rotatable bonds is 3. The summed E-state index contributed by atoms with van der Waals surface area (Å²) < 4.78 is 22.0. The topological polar surface area (TPSA) is 58.5 Å². The first-order valence-corrected chi connectivity index (χ1v) is 7.56. The minimum absolute atomic E-state index is 0.0680. The van der Waals surface area contributed by atoms with E-state index in [2.05, 4.69) is 10.3 Å². The van der Waals surface area contributed by atoms with Gasteiger partial charge < -0.3 is 5.32 Å². The normalized spacial score (nSPS) is 24.5. The molecule has 0 aliphatic carbocycles. The second kappa shape index (κ2) is 4.53. The highest BCUT2D eigenvalue weighted by Gasteiger charge is 2.17. The van der Waals surface area contributed by atoms with Crippen molar-refractivity contribution in [3.8, 4) is 0 Å². The Hall–Kier alpha value is -0.230. The van der Waals surface area contributed by atoms with E-state index >= 15 is 0 Å². The SMILES string of the molecule is CC1CSC(NC(C)CS(C)(=O)=O)=N1. The number of thioether (sulfide) groups is 1. The van der Waals surface area contributed by atoms with Crippen molar-refractivity contribution in [2.45, 2.75) is 25.9 Å². The molecule has 6 heteroatoms. The zero-order chi connectivity index (χ0) is 10.8. The van der Waals surface area contributed by atoms with Crippen molar-refractivity contribution in [1.29, 1.82) is 0 Å². The number of nitrogens with one attached hydrogen (secondary N) is 1. The van der Waals surface area contributed by atoms with Crippen molar-refractivity contribution >= 4 is 26.8 Å². The summed E-state index contributed by atoms with van der Waals surface area (Å²) in [6, 6.07) is 0.273. The van der Waals surface area contributed by atoms with Crippen LogP contribution in [0.2, 0.25) is 0 Å². The lowest BCUT2D eigenvalue weighted by atomic mass is 10.4. The number of hydrogen-bond acceptors (Lipinski definition) is 5. The number of amidine groups is 1. The van der Waals surface area contributed by atoms with Crippen LogP contribution in [0.3, 0.4) is 0 Å². The minimum atomic E-state index is -2.91. The summed E-state index contributed by atoms with van der Waals surface area (Å²) in [7, 11) is -2.91. The van der Waals surface area contributed by atoms with Crippen molar-refractivity contribution in [3.05, 3.63) is 0 Å². The average molecular weight is 236 g/mol. The fourth-order valence-corrected chi connectivity index (χ4v) is 3.26. The van der Waals surface area contributed by atoms with Gasteiger partial charge in [-0.2, -0.15) is 0 Å². The monoisotopic (exact) mass is 236 g/mol. The first kappa shape index (κ1) is 11.8. The van der Waals surface area contributed by atoms with Crippen LogP contribution in [-0.2, 0) is 9.84 Å². The fourth-order valence-electron chi connectivity index (χ4n) is 1.26. The van der Waals surface area contributed by atoms with E-state index in [0.717, 1.165) is 10.9 Å². The Labute approximate surface area is 89.5 Å². The summed E-state index contributed by atoms with van der Waals surface area (Å²) in [6.45, 7) is 3.90. The molecule has 0 saturated carbocycles. The van der Waals surface area contributed by atoms with Crippen LogP contribution in [0.1, 0.15) is 13.8 Å². The lowest BCUT2D eigenvalue weighted by Gasteiger charge is -2.12. The van der Waals surface area contributed by atoms with E-state index in [0.29, 0.717) is 6.04 Å². The van der Waals surface area contributed by atoms with E-state index in [1.165, 1.54) is 6.26 Å². The van der Waals surface area contributed by atoms with Gasteiger partial charge >= 0.3 is 0 Å². The van der Waals surface area contributed by atoms with Crippen LogP contribution in [0.5, 0.6) is 0 Å². The molecule has 82 valence electrons. The van der Waals surface area contributed by atoms with Gasteiger partial charge in [0.1, 0.15) is 9.84 Å². The van der Waals surface area contributed by atoms with Gasteiger partial charge in [-0.25, -0.2) is 8.42 Å². The van der Waals surface area contributed by atoms with Gasteiger partial charge in [-0.1, -0.05) is 11.8 Å². The number of sulfone groups is 1. The largest absolute Gasteiger partial charge is 0.361 e. The van der Waals surface area contributed by atoms with Gasteiger partial charge in [0.15, 0.2) is 5.17 Å². The minimum Gasteiger partial charge on any atom is -0.361 e. The van der Waals surface area contributed by atoms with Gasteiger partial charge in [0.2, 0.25) is 0 Å². The lowest BCUT2D eigenvalue weighted by molar-refractivity contribution is 0.591. The standard InChI is InChI=1S/C8H16N2O2S2/c1-6-4-13-8(9-6)10-7(2)5-14(3,11)12/h6-7H,4-5H2,1-3H3,(H,9,10). The first-order chi connectivity index (χ1) is 6.37. The van der Waals surface area contributed by atoms with Crippen molar-refractivity contribution in [1.82, 2.24) is 5.32 Å². The Morgan fingerprint density at radius 2 is 2.36 bits per heavy atom. The Kier molecular flexibility index (Phi) is 3.83. The molecular weight excluding hydrogens is 220 g/mol. The van der Waals surface area contributed by atoms with Crippen molar-refractivity contribution in [3.63, 3.8) is 0 Å². The molecule has 2 unspecified atom stereocenters. The molecule has 0 spiro atoms. The van der Waals surface area contributed by atoms with E-state index < -0.39 is 9.84 Å². The fraction of sp³-hybridized carbons (Fsp3) is 0.875. The highest BCUT2D eigenvalue weighted by molar-refractivity contribution is 8.14. The third kappa shape index (κ3) is 4.32. The zero-order valence-corrected chi connectivity index (χ0v) is 10.3. The third-order valence-corrected chi connectivity index (χ3v) is 3.97. The molecule has 0 fully saturated rings. The first-order valence-electron chi connectivity index (χ1n) is 4.51. The van der Waals surface area contributed by atoms with E-state index in [1.807, 2.05) is 13.8 Å². The van der Waals surface area contributed by atoms with E-state index in [1.54, 1.807) is 11.8 Å². The molecular formula is C8H16N2O2S2. The average Bonchev–Trinajstić information content (AvgIpc) is 2.30. The molecule has 1 aliphatic rings. The summed E-state index contributed by atoms with van der Waals surface area (Å²) in [5.74, 6) is 1.13.